The van der Waals surface area contributed by atoms with E-state index in [-0.39, 0.29) is 0 Å². The van der Waals surface area contributed by atoms with Crippen molar-refractivity contribution >= 4 is 22.7 Å². The lowest BCUT2D eigenvalue weighted by molar-refractivity contribution is 0.176. The lowest BCUT2D eigenvalue weighted by Gasteiger charge is -2.07. The van der Waals surface area contributed by atoms with Crippen LogP contribution in [0.1, 0.15) is 17.4 Å². The van der Waals surface area contributed by atoms with Crippen LogP contribution in [-0.4, -0.2) is 10.9 Å². The number of rotatable bonds is 4. The number of benzene rings is 2. The molecule has 1 unspecified atom stereocenters. The standard InChI is InChI=1S/C17H16O2S/c1-12-6-5-7-13-10-16(19-17(12)13)15(18)11-20-14-8-3-2-4-9-14/h2-10,15,18H,11H2,1H3. The van der Waals surface area contributed by atoms with Gasteiger partial charge in [-0.1, -0.05) is 36.4 Å². The number of aliphatic hydroxyl groups excluding tert-OH is 1. The van der Waals surface area contributed by atoms with E-state index < -0.39 is 6.10 Å². The predicted octanol–water partition coefficient (Wildman–Crippen LogP) is 4.57. The third kappa shape index (κ3) is 2.74. The van der Waals surface area contributed by atoms with Gasteiger partial charge >= 0.3 is 0 Å². The van der Waals surface area contributed by atoms with Gasteiger partial charge in [-0.2, -0.15) is 0 Å². The number of fused-ring (bicyclic) bond motifs is 1. The fourth-order valence-electron chi connectivity index (χ4n) is 2.17. The van der Waals surface area contributed by atoms with E-state index >= 15 is 0 Å². The maximum atomic E-state index is 10.3. The summed E-state index contributed by atoms with van der Waals surface area (Å²) in [7, 11) is 0. The molecule has 20 heavy (non-hydrogen) atoms. The largest absolute Gasteiger partial charge is 0.458 e. The predicted molar refractivity (Wildman–Crippen MR) is 83.1 cm³/mol. The van der Waals surface area contributed by atoms with Gasteiger partial charge in [0.1, 0.15) is 17.4 Å². The Morgan fingerprint density at radius 3 is 2.65 bits per heavy atom. The van der Waals surface area contributed by atoms with Crippen LogP contribution in [0.2, 0.25) is 0 Å². The number of hydrogen-bond donors (Lipinski definition) is 1. The summed E-state index contributed by atoms with van der Waals surface area (Å²) in [5.41, 5.74) is 1.96. The SMILES string of the molecule is Cc1cccc2cc(C(O)CSc3ccccc3)oc12. The van der Waals surface area contributed by atoms with E-state index in [0.717, 1.165) is 21.4 Å². The minimum absolute atomic E-state index is 0.586. The first-order valence-electron chi connectivity index (χ1n) is 6.59. The Morgan fingerprint density at radius 2 is 1.90 bits per heavy atom. The Bertz CT molecular complexity index is 703. The molecular formula is C17H16O2S. The van der Waals surface area contributed by atoms with Crippen molar-refractivity contribution < 1.29 is 9.52 Å². The first-order valence-corrected chi connectivity index (χ1v) is 7.57. The number of thioether (sulfide) groups is 1. The molecule has 0 bridgehead atoms. The lowest BCUT2D eigenvalue weighted by Crippen LogP contribution is -1.98. The molecule has 0 amide bonds. The van der Waals surface area contributed by atoms with Crippen molar-refractivity contribution in [2.75, 3.05) is 5.75 Å². The highest BCUT2D eigenvalue weighted by atomic mass is 32.2. The van der Waals surface area contributed by atoms with E-state index in [2.05, 4.69) is 0 Å². The summed E-state index contributed by atoms with van der Waals surface area (Å²) in [6.45, 7) is 2.01. The van der Waals surface area contributed by atoms with Gasteiger partial charge in [0.25, 0.3) is 0 Å². The van der Waals surface area contributed by atoms with Crippen molar-refractivity contribution in [2.45, 2.75) is 17.9 Å². The molecule has 0 fully saturated rings. The molecule has 1 heterocycles. The van der Waals surface area contributed by atoms with Gasteiger partial charge in [-0.3, -0.25) is 0 Å². The summed E-state index contributed by atoms with van der Waals surface area (Å²) in [6, 6.07) is 18.0. The molecule has 3 rings (SSSR count). The molecule has 1 aromatic heterocycles. The van der Waals surface area contributed by atoms with Crippen LogP contribution in [0.3, 0.4) is 0 Å². The zero-order valence-electron chi connectivity index (χ0n) is 11.2. The minimum Gasteiger partial charge on any atom is -0.458 e. The van der Waals surface area contributed by atoms with Gasteiger partial charge in [-0.15, -0.1) is 11.8 Å². The van der Waals surface area contributed by atoms with Crippen molar-refractivity contribution in [2.24, 2.45) is 0 Å². The quantitative estimate of drug-likeness (QED) is 0.713. The Hall–Kier alpha value is -1.71. The van der Waals surface area contributed by atoms with Gasteiger partial charge < -0.3 is 9.52 Å². The smallest absolute Gasteiger partial charge is 0.137 e. The highest BCUT2D eigenvalue weighted by Gasteiger charge is 2.14. The van der Waals surface area contributed by atoms with Crippen LogP contribution < -0.4 is 0 Å². The fourth-order valence-corrected chi connectivity index (χ4v) is 3.03. The number of hydrogen-bond acceptors (Lipinski definition) is 3. The molecule has 1 N–H and O–H groups in total. The molecule has 0 saturated heterocycles. The third-order valence-corrected chi connectivity index (χ3v) is 4.33. The van der Waals surface area contributed by atoms with Crippen LogP contribution >= 0.6 is 11.8 Å². The maximum absolute atomic E-state index is 10.3. The van der Waals surface area contributed by atoms with Crippen LogP contribution in [0.15, 0.2) is 63.9 Å². The zero-order valence-corrected chi connectivity index (χ0v) is 12.1. The van der Waals surface area contributed by atoms with Crippen molar-refractivity contribution in [1.29, 1.82) is 0 Å². The summed E-state index contributed by atoms with van der Waals surface area (Å²) in [6.07, 6.45) is -0.591. The van der Waals surface area contributed by atoms with Crippen molar-refractivity contribution in [3.8, 4) is 0 Å². The molecule has 1 atom stereocenters. The normalized spacial score (nSPS) is 12.7. The van der Waals surface area contributed by atoms with E-state index in [1.807, 2.05) is 61.5 Å². The summed E-state index contributed by atoms with van der Waals surface area (Å²) in [5.74, 6) is 1.22. The van der Waals surface area contributed by atoms with Crippen molar-refractivity contribution in [3.63, 3.8) is 0 Å². The minimum atomic E-state index is -0.591. The molecule has 102 valence electrons. The Balaban J connectivity index is 1.75. The Labute approximate surface area is 122 Å². The molecule has 0 aliphatic rings. The van der Waals surface area contributed by atoms with Crippen LogP contribution in [-0.2, 0) is 0 Å². The summed E-state index contributed by atoms with van der Waals surface area (Å²) in [5, 5.41) is 11.3. The second kappa shape index (κ2) is 5.73. The van der Waals surface area contributed by atoms with E-state index in [9.17, 15) is 5.11 Å². The second-order valence-electron chi connectivity index (χ2n) is 4.78. The van der Waals surface area contributed by atoms with Crippen LogP contribution in [0.25, 0.3) is 11.0 Å². The van der Waals surface area contributed by atoms with Crippen LogP contribution in [0.5, 0.6) is 0 Å². The monoisotopic (exact) mass is 284 g/mol. The lowest BCUT2D eigenvalue weighted by atomic mass is 10.2. The Morgan fingerprint density at radius 1 is 1.10 bits per heavy atom. The molecule has 3 aromatic rings. The van der Waals surface area contributed by atoms with Crippen LogP contribution in [0, 0.1) is 6.92 Å². The fraction of sp³-hybridized carbons (Fsp3) is 0.176. The molecule has 3 heteroatoms. The molecule has 0 radical (unpaired) electrons. The van der Waals surface area contributed by atoms with E-state index in [1.54, 1.807) is 11.8 Å². The number of furan rings is 1. The number of aliphatic hydroxyl groups is 1. The van der Waals surface area contributed by atoms with Gasteiger partial charge in [-0.05, 0) is 30.7 Å². The summed E-state index contributed by atoms with van der Waals surface area (Å²) >= 11 is 1.63. The molecule has 0 aliphatic carbocycles. The maximum Gasteiger partial charge on any atom is 0.137 e. The molecule has 0 aliphatic heterocycles. The molecule has 0 saturated carbocycles. The highest BCUT2D eigenvalue weighted by Crippen LogP contribution is 2.29. The van der Waals surface area contributed by atoms with Gasteiger partial charge in [0.2, 0.25) is 0 Å². The van der Waals surface area contributed by atoms with E-state index in [4.69, 9.17) is 4.42 Å². The topological polar surface area (TPSA) is 33.4 Å². The average molecular weight is 284 g/mol. The van der Waals surface area contributed by atoms with Crippen molar-refractivity contribution in [1.82, 2.24) is 0 Å². The van der Waals surface area contributed by atoms with Gasteiger partial charge in [0.05, 0.1) is 0 Å². The van der Waals surface area contributed by atoms with E-state index in [0.29, 0.717) is 11.5 Å². The average Bonchev–Trinajstić information content (AvgIpc) is 2.91. The van der Waals surface area contributed by atoms with Gasteiger partial charge in [-0.25, -0.2) is 0 Å². The second-order valence-corrected chi connectivity index (χ2v) is 5.88. The molecular weight excluding hydrogens is 268 g/mol. The summed E-state index contributed by atoms with van der Waals surface area (Å²) < 4.78 is 5.79. The number of para-hydroxylation sites is 1. The first-order chi connectivity index (χ1) is 9.74. The van der Waals surface area contributed by atoms with E-state index in [1.165, 1.54) is 0 Å². The molecule has 0 spiro atoms. The first kappa shape index (κ1) is 13.3. The molecule has 2 aromatic carbocycles. The van der Waals surface area contributed by atoms with Gasteiger partial charge in [0.15, 0.2) is 0 Å². The zero-order chi connectivity index (χ0) is 13.9. The van der Waals surface area contributed by atoms with Crippen molar-refractivity contribution in [3.05, 3.63) is 65.9 Å². The third-order valence-electron chi connectivity index (χ3n) is 3.24. The van der Waals surface area contributed by atoms with Crippen LogP contribution in [0.4, 0.5) is 0 Å². The Kier molecular flexibility index (Phi) is 3.81. The highest BCUT2D eigenvalue weighted by molar-refractivity contribution is 7.99. The number of aryl methyl sites for hydroxylation is 1. The summed E-state index contributed by atoms with van der Waals surface area (Å²) in [4.78, 5) is 1.15. The molecule has 2 nitrogen and oxygen atoms in total. The van der Waals surface area contributed by atoms with Gasteiger partial charge in [0, 0.05) is 16.0 Å².